The van der Waals surface area contributed by atoms with Crippen LogP contribution in [0.2, 0.25) is 0 Å². The van der Waals surface area contributed by atoms with Gasteiger partial charge in [0.25, 0.3) is 0 Å². The first-order valence-corrected chi connectivity index (χ1v) is 6.22. The van der Waals surface area contributed by atoms with Crippen molar-refractivity contribution >= 4 is 0 Å². The highest BCUT2D eigenvalue weighted by molar-refractivity contribution is 5.14. The predicted molar refractivity (Wildman–Crippen MR) is 70.5 cm³/mol. The maximum atomic E-state index is 5.66. The lowest BCUT2D eigenvalue weighted by molar-refractivity contribution is 0.254. The second-order valence-corrected chi connectivity index (χ2v) is 4.47. The molecule has 0 saturated carbocycles. The zero-order chi connectivity index (χ0) is 11.8. The standard InChI is InChI=1S/C14H24N2/c1-3-16(12-13(2)11-15)10-9-14-7-5-4-6-8-14/h4-8,13H,3,9-12,15H2,1-2H3. The molecule has 0 saturated heterocycles. The van der Waals surface area contributed by atoms with E-state index in [9.17, 15) is 0 Å². The molecule has 1 aromatic carbocycles. The van der Waals surface area contributed by atoms with E-state index in [0.29, 0.717) is 5.92 Å². The molecule has 0 aliphatic rings. The molecule has 0 aromatic heterocycles. The van der Waals surface area contributed by atoms with E-state index >= 15 is 0 Å². The molecule has 1 aromatic rings. The van der Waals surface area contributed by atoms with Gasteiger partial charge in [-0.2, -0.15) is 0 Å². The number of nitrogens with zero attached hydrogens (tertiary/aromatic N) is 1. The first kappa shape index (κ1) is 13.2. The summed E-state index contributed by atoms with van der Waals surface area (Å²) in [5.74, 6) is 0.593. The Morgan fingerprint density at radius 2 is 1.94 bits per heavy atom. The molecular weight excluding hydrogens is 196 g/mol. The van der Waals surface area contributed by atoms with Gasteiger partial charge in [-0.3, -0.25) is 0 Å². The Labute approximate surface area is 99.5 Å². The van der Waals surface area contributed by atoms with Gasteiger partial charge in [0.1, 0.15) is 0 Å². The second-order valence-electron chi connectivity index (χ2n) is 4.47. The molecule has 0 aliphatic carbocycles. The summed E-state index contributed by atoms with van der Waals surface area (Å²) in [5, 5.41) is 0. The average Bonchev–Trinajstić information content (AvgIpc) is 2.35. The molecule has 2 nitrogen and oxygen atoms in total. The molecule has 0 bridgehead atoms. The normalized spacial score (nSPS) is 13.0. The number of nitrogens with two attached hydrogens (primary N) is 1. The van der Waals surface area contributed by atoms with Crippen molar-refractivity contribution < 1.29 is 0 Å². The van der Waals surface area contributed by atoms with E-state index in [0.717, 1.165) is 32.6 Å². The van der Waals surface area contributed by atoms with Crippen LogP contribution in [0.25, 0.3) is 0 Å². The van der Waals surface area contributed by atoms with E-state index < -0.39 is 0 Å². The van der Waals surface area contributed by atoms with Gasteiger partial charge in [0, 0.05) is 13.1 Å². The fraction of sp³-hybridized carbons (Fsp3) is 0.571. The lowest BCUT2D eigenvalue weighted by atomic mass is 10.1. The minimum absolute atomic E-state index is 0.593. The van der Waals surface area contributed by atoms with Crippen LogP contribution in [0, 0.1) is 5.92 Å². The Balaban J connectivity index is 2.34. The molecule has 1 rings (SSSR count). The van der Waals surface area contributed by atoms with E-state index in [1.54, 1.807) is 0 Å². The van der Waals surface area contributed by atoms with Crippen molar-refractivity contribution in [1.82, 2.24) is 4.90 Å². The summed E-state index contributed by atoms with van der Waals surface area (Å²) in [6.45, 7) is 8.56. The summed E-state index contributed by atoms with van der Waals surface area (Å²) >= 11 is 0. The molecule has 0 heterocycles. The largest absolute Gasteiger partial charge is 0.330 e. The van der Waals surface area contributed by atoms with Gasteiger partial charge < -0.3 is 10.6 Å². The minimum atomic E-state index is 0.593. The zero-order valence-corrected chi connectivity index (χ0v) is 10.5. The van der Waals surface area contributed by atoms with Crippen molar-refractivity contribution in [2.75, 3.05) is 26.2 Å². The van der Waals surface area contributed by atoms with Crippen LogP contribution in [0.1, 0.15) is 19.4 Å². The average molecular weight is 220 g/mol. The summed E-state index contributed by atoms with van der Waals surface area (Å²) in [4.78, 5) is 2.48. The molecule has 16 heavy (non-hydrogen) atoms. The SMILES string of the molecule is CCN(CCc1ccccc1)CC(C)CN. The molecule has 1 unspecified atom stereocenters. The molecule has 0 radical (unpaired) electrons. The Bertz CT molecular complexity index is 271. The fourth-order valence-electron chi connectivity index (χ4n) is 1.83. The smallest absolute Gasteiger partial charge is 0.00218 e. The molecule has 2 heteroatoms. The van der Waals surface area contributed by atoms with Gasteiger partial charge in [0.05, 0.1) is 0 Å². The highest BCUT2D eigenvalue weighted by Gasteiger charge is 2.07. The molecule has 90 valence electrons. The predicted octanol–water partition coefficient (Wildman–Crippen LogP) is 2.15. The third kappa shape index (κ3) is 4.77. The van der Waals surface area contributed by atoms with Gasteiger partial charge in [-0.25, -0.2) is 0 Å². The summed E-state index contributed by atoms with van der Waals surface area (Å²) in [7, 11) is 0. The second kappa shape index (κ2) is 7.42. The van der Waals surface area contributed by atoms with E-state index in [1.807, 2.05) is 0 Å². The van der Waals surface area contributed by atoms with E-state index in [1.165, 1.54) is 5.56 Å². The van der Waals surface area contributed by atoms with Crippen LogP contribution < -0.4 is 5.73 Å². The highest BCUT2D eigenvalue weighted by Crippen LogP contribution is 2.03. The van der Waals surface area contributed by atoms with Crippen molar-refractivity contribution in [3.05, 3.63) is 35.9 Å². The van der Waals surface area contributed by atoms with Gasteiger partial charge in [-0.1, -0.05) is 44.2 Å². The van der Waals surface area contributed by atoms with E-state index in [2.05, 4.69) is 49.1 Å². The van der Waals surface area contributed by atoms with Gasteiger partial charge in [0.2, 0.25) is 0 Å². The van der Waals surface area contributed by atoms with Crippen LogP contribution >= 0.6 is 0 Å². The van der Waals surface area contributed by atoms with Crippen LogP contribution in [0.3, 0.4) is 0 Å². The van der Waals surface area contributed by atoms with Gasteiger partial charge >= 0.3 is 0 Å². The van der Waals surface area contributed by atoms with Crippen LogP contribution in [-0.4, -0.2) is 31.1 Å². The van der Waals surface area contributed by atoms with Gasteiger partial charge in [-0.05, 0) is 31.0 Å². The lowest BCUT2D eigenvalue weighted by Crippen LogP contribution is -2.33. The van der Waals surface area contributed by atoms with E-state index in [4.69, 9.17) is 5.73 Å². The molecule has 0 aliphatic heterocycles. The summed E-state index contributed by atoms with van der Waals surface area (Å²) in [6, 6.07) is 10.7. The number of benzene rings is 1. The van der Waals surface area contributed by atoms with Crippen LogP contribution in [0.4, 0.5) is 0 Å². The number of hydrogen-bond donors (Lipinski definition) is 1. The van der Waals surface area contributed by atoms with Crippen molar-refractivity contribution in [1.29, 1.82) is 0 Å². The first-order chi connectivity index (χ1) is 7.76. The Kier molecular flexibility index (Phi) is 6.12. The quantitative estimate of drug-likeness (QED) is 0.763. The zero-order valence-electron chi connectivity index (χ0n) is 10.5. The number of likely N-dealkylation sites (N-methyl/N-ethyl adjacent to an activating group) is 1. The van der Waals surface area contributed by atoms with Crippen LogP contribution in [0.15, 0.2) is 30.3 Å². The molecule has 2 N–H and O–H groups in total. The maximum Gasteiger partial charge on any atom is 0.00218 e. The van der Waals surface area contributed by atoms with E-state index in [-0.39, 0.29) is 0 Å². The highest BCUT2D eigenvalue weighted by atomic mass is 15.1. The molecular formula is C14H24N2. The van der Waals surface area contributed by atoms with Crippen molar-refractivity contribution in [2.24, 2.45) is 11.7 Å². The maximum absolute atomic E-state index is 5.66. The first-order valence-electron chi connectivity index (χ1n) is 6.22. The summed E-state index contributed by atoms with van der Waals surface area (Å²) < 4.78 is 0. The third-order valence-electron chi connectivity index (χ3n) is 2.98. The summed E-state index contributed by atoms with van der Waals surface area (Å²) in [5.41, 5.74) is 7.07. The third-order valence-corrected chi connectivity index (χ3v) is 2.98. The Morgan fingerprint density at radius 1 is 1.25 bits per heavy atom. The number of rotatable bonds is 7. The Morgan fingerprint density at radius 3 is 2.50 bits per heavy atom. The molecule has 0 amide bonds. The monoisotopic (exact) mass is 220 g/mol. The fourth-order valence-corrected chi connectivity index (χ4v) is 1.83. The minimum Gasteiger partial charge on any atom is -0.330 e. The van der Waals surface area contributed by atoms with Crippen LogP contribution in [0.5, 0.6) is 0 Å². The van der Waals surface area contributed by atoms with Crippen molar-refractivity contribution in [3.8, 4) is 0 Å². The molecule has 0 spiro atoms. The molecule has 0 fully saturated rings. The number of hydrogen-bond acceptors (Lipinski definition) is 2. The topological polar surface area (TPSA) is 29.3 Å². The molecule has 1 atom stereocenters. The van der Waals surface area contributed by atoms with Crippen molar-refractivity contribution in [3.63, 3.8) is 0 Å². The lowest BCUT2D eigenvalue weighted by Gasteiger charge is -2.23. The summed E-state index contributed by atoms with van der Waals surface area (Å²) in [6.07, 6.45) is 1.13. The van der Waals surface area contributed by atoms with Gasteiger partial charge in [-0.15, -0.1) is 0 Å². The van der Waals surface area contributed by atoms with Crippen LogP contribution in [-0.2, 0) is 6.42 Å². The Hall–Kier alpha value is -0.860. The van der Waals surface area contributed by atoms with Gasteiger partial charge in [0.15, 0.2) is 0 Å². The van der Waals surface area contributed by atoms with Crippen molar-refractivity contribution in [2.45, 2.75) is 20.3 Å².